The number of hydrogen-bond donors (Lipinski definition) is 15. The molecule has 94 heavy (non-hydrogen) atoms. The van der Waals surface area contributed by atoms with Crippen LogP contribution in [0.5, 0.6) is 0 Å². The Kier molecular flexibility index (Phi) is 39.6. The third-order valence-corrected chi connectivity index (χ3v) is 14.4. The highest BCUT2D eigenvalue weighted by Gasteiger charge is 2.51. The second kappa shape index (κ2) is 44.4. The quantitative estimate of drug-likeness (QED) is 0.00978. The number of hydrogen-bond acceptors (Lipinski definition) is 30. The van der Waals surface area contributed by atoms with Crippen LogP contribution in [0.15, 0.2) is 27.1 Å². The lowest BCUT2D eigenvalue weighted by Gasteiger charge is -2.21. The van der Waals surface area contributed by atoms with Crippen molar-refractivity contribution in [2.45, 2.75) is 87.6 Å². The number of nitrogens with two attached hydrogens (primary N) is 3. The number of aliphatic hydroxyl groups is 2. The first-order chi connectivity index (χ1) is 44.4. The summed E-state index contributed by atoms with van der Waals surface area (Å²) in [6.45, 7) is 4.92. The van der Waals surface area contributed by atoms with Crippen LogP contribution in [0.4, 0.5) is 11.6 Å². The third kappa shape index (κ3) is 35.7. The van der Waals surface area contributed by atoms with E-state index in [-0.39, 0.29) is 88.6 Å². The zero-order valence-electron chi connectivity index (χ0n) is 50.7. The summed E-state index contributed by atoms with van der Waals surface area (Å²) in [5, 5.41) is 30.1. The first-order valence-electron chi connectivity index (χ1n) is 28.6. The van der Waals surface area contributed by atoms with E-state index in [0.717, 1.165) is 9.13 Å². The Balaban J connectivity index is 0.000000491. The van der Waals surface area contributed by atoms with Gasteiger partial charge in [0.2, 0.25) is 11.8 Å². The second-order valence-corrected chi connectivity index (χ2v) is 24.4. The minimum Gasteiger partial charge on any atom is -0.386 e. The van der Waals surface area contributed by atoms with Crippen molar-refractivity contribution in [2.24, 2.45) is 10.8 Å². The van der Waals surface area contributed by atoms with Gasteiger partial charge < -0.3 is 125 Å². The number of phosphoric ester groups is 4. The molecule has 0 radical (unpaired) electrons. The number of nitrogen functional groups attached to an aromatic ring is 2. The number of rotatable bonds is 49. The zero-order valence-corrected chi connectivity index (χ0v) is 54.3. The number of amides is 2. The first kappa shape index (κ1) is 83.8. The van der Waals surface area contributed by atoms with Gasteiger partial charge >= 0.3 is 42.7 Å². The molecule has 2 saturated heterocycles. The maximum Gasteiger partial charge on any atom is 0.470 e. The maximum atomic E-state index is 12.6. The van der Waals surface area contributed by atoms with E-state index >= 15 is 0 Å². The molecule has 4 rings (SSSR count). The number of anilines is 2. The average Bonchev–Trinajstić information content (AvgIpc) is 1.61. The van der Waals surface area contributed by atoms with Crippen LogP contribution in [0.2, 0.25) is 0 Å². The number of carbonyl (C=O) groups is 2. The van der Waals surface area contributed by atoms with Gasteiger partial charge in [-0.15, -0.1) is 0 Å². The van der Waals surface area contributed by atoms with Crippen molar-refractivity contribution in [3.63, 3.8) is 0 Å². The lowest BCUT2D eigenvalue weighted by Crippen LogP contribution is -2.38. The third-order valence-electron chi connectivity index (χ3n) is 12.4. The van der Waals surface area contributed by atoms with E-state index in [1.165, 1.54) is 12.4 Å². The molecule has 0 saturated carbocycles. The maximum absolute atomic E-state index is 12.6. The summed E-state index contributed by atoms with van der Waals surface area (Å²) in [6.07, 6.45) is -10.2. The molecule has 0 aliphatic carbocycles. The molecule has 8 atom stereocenters. The van der Waals surface area contributed by atoms with Gasteiger partial charge in [-0.05, 0) is 31.2 Å². The van der Waals surface area contributed by atoms with Crippen LogP contribution in [-0.4, -0.2) is 262 Å². The summed E-state index contributed by atoms with van der Waals surface area (Å²) < 4.78 is 118. The number of aryl methyl sites for hydroxylation is 2. The molecule has 0 aromatic carbocycles. The standard InChI is InChI=1S/C23H41N7O16P2.C23H43N5O16P2/c24-21-16(2-1-4-26-18(31)3-6-40-8-10-42-12-13-43-11-9-41-7-5-27-29-25)14-30(23(33)28-21)22-19(32)20(46-48(37,38)39)17(45-22)15-44-47(34,35)36;24-4-7-39-9-11-41-13-12-40-10-8-38-6-3-18(29)26-5-1-2-16-14-28(23(31)27-21(16)25)22-19(30)20(44-46(35,36)37)17(43-22)15-42-45(32,33)34/h14,17,19-20,22,32H,1-13,15H2,(H,26,31)(H2,24,28,33)(H2,34,35,36)(H2,37,38,39);14,17,19-20,22,30H,1-13,15,24H2,(H,26,29)(H2,25,27,31)(H2,32,33,34)(H2,35,36,37)/t2*17-,19+,20?,22-/m11/s1. The summed E-state index contributed by atoms with van der Waals surface area (Å²) in [7, 11) is -20.5. The molecular formula is C46H84N12O32P4. The van der Waals surface area contributed by atoms with Crippen molar-refractivity contribution < 1.29 is 143 Å². The highest BCUT2D eigenvalue weighted by atomic mass is 31.2. The lowest BCUT2D eigenvalue weighted by molar-refractivity contribution is -0.123. The molecule has 2 fully saturated rings. The summed E-state index contributed by atoms with van der Waals surface area (Å²) in [6, 6.07) is 0. The van der Waals surface area contributed by atoms with E-state index in [1.54, 1.807) is 0 Å². The van der Waals surface area contributed by atoms with Crippen LogP contribution in [0.3, 0.4) is 0 Å². The predicted octanol–water partition coefficient (Wildman–Crippen LogP) is -4.38. The van der Waals surface area contributed by atoms with E-state index in [2.05, 4.69) is 48.7 Å². The van der Waals surface area contributed by atoms with E-state index < -0.39 is 105 Å². The zero-order chi connectivity index (χ0) is 69.7. The monoisotopic (exact) mass is 1440 g/mol. The second-order valence-electron chi connectivity index (χ2n) is 19.5. The first-order valence-corrected chi connectivity index (χ1v) is 34.7. The van der Waals surface area contributed by atoms with E-state index in [4.69, 9.17) is 89.7 Å². The van der Waals surface area contributed by atoms with Crippen molar-refractivity contribution in [3.8, 4) is 0 Å². The molecule has 2 aromatic rings. The van der Waals surface area contributed by atoms with Crippen LogP contribution >= 0.6 is 31.3 Å². The van der Waals surface area contributed by atoms with Gasteiger partial charge in [-0.1, -0.05) is 5.11 Å². The van der Waals surface area contributed by atoms with Gasteiger partial charge in [0.05, 0.1) is 119 Å². The van der Waals surface area contributed by atoms with E-state index in [1.807, 2.05) is 0 Å². The summed E-state index contributed by atoms with van der Waals surface area (Å²) >= 11 is 0. The van der Waals surface area contributed by atoms with E-state index in [9.17, 15) is 67.2 Å². The molecule has 18 N–H and O–H groups in total. The van der Waals surface area contributed by atoms with Crippen LogP contribution in [-0.2, 0) is 106 Å². The fourth-order valence-electron chi connectivity index (χ4n) is 8.16. The smallest absolute Gasteiger partial charge is 0.386 e. The lowest BCUT2D eigenvalue weighted by atomic mass is 10.1. The van der Waals surface area contributed by atoms with Crippen LogP contribution in [0, 0.1) is 0 Å². The highest BCUT2D eigenvalue weighted by Crippen LogP contribution is 2.47. The Labute approximate surface area is 535 Å². The molecule has 2 amide bonds. The molecule has 2 unspecified atom stereocenters. The Morgan fingerprint density at radius 3 is 1.20 bits per heavy atom. The molecule has 0 bridgehead atoms. The summed E-state index contributed by atoms with van der Waals surface area (Å²) in [5.41, 5.74) is 23.8. The van der Waals surface area contributed by atoms with Crippen molar-refractivity contribution in [3.05, 3.63) is 54.9 Å². The van der Waals surface area contributed by atoms with Crippen molar-refractivity contribution >= 4 is 54.7 Å². The van der Waals surface area contributed by atoms with Gasteiger partial charge in [0.1, 0.15) is 48.3 Å². The molecule has 0 spiro atoms. The summed E-state index contributed by atoms with van der Waals surface area (Å²) in [4.78, 5) is 132. The number of carbonyl (C=O) groups excluding carboxylic acids is 2. The van der Waals surface area contributed by atoms with Crippen molar-refractivity contribution in [2.75, 3.05) is 157 Å². The van der Waals surface area contributed by atoms with Crippen molar-refractivity contribution in [1.82, 2.24) is 29.7 Å². The van der Waals surface area contributed by atoms with Gasteiger partial charge in [0.25, 0.3) is 0 Å². The summed E-state index contributed by atoms with van der Waals surface area (Å²) in [5.74, 6) is -0.814. The molecule has 44 nitrogen and oxygen atoms in total. The SMILES string of the molecule is NCCOCCOCCOCCOCCC(=O)NCCCc1cn([C@@H]2O[C@H](COP(=O)(O)O)C(OP(=O)(O)O)[C@@H]2O)c(=O)nc1N.[N-]=[N+]=NCCOCCOCCOCCOCCC(=O)NCCCc1cn([C@@H]2O[C@H](COP(=O)(O)O)C(OP(=O)(O)O)[C@@H]2O)c(=O)nc1N. The Hall–Kier alpha value is -4.47. The number of nitrogens with one attached hydrogen (secondary N) is 2. The number of aliphatic hydroxyl groups excluding tert-OH is 2. The number of ether oxygens (including phenoxy) is 10. The molecule has 4 heterocycles. The Bertz CT molecular complexity index is 2930. The topological polar surface area (TPSA) is 655 Å². The number of aromatic nitrogens is 4. The molecule has 2 aliphatic rings. The van der Waals surface area contributed by atoms with Gasteiger partial charge in [-0.25, -0.2) is 27.8 Å². The fourth-order valence-corrected chi connectivity index (χ4v) is 9.99. The van der Waals surface area contributed by atoms with Gasteiger partial charge in [-0.3, -0.25) is 36.8 Å². The predicted molar refractivity (Wildman–Crippen MR) is 317 cm³/mol. The number of azide groups is 1. The highest BCUT2D eigenvalue weighted by molar-refractivity contribution is 7.47. The Morgan fingerprint density at radius 2 is 0.883 bits per heavy atom. The van der Waals surface area contributed by atoms with Crippen LogP contribution < -0.4 is 39.2 Å². The number of phosphoric acid groups is 4. The van der Waals surface area contributed by atoms with Gasteiger partial charge in [0, 0.05) is 67.5 Å². The molecular weight excluding hydrogens is 1360 g/mol. The molecule has 2 aliphatic heterocycles. The number of nitrogens with zero attached hydrogens (tertiary/aromatic N) is 7. The van der Waals surface area contributed by atoms with E-state index in [0.29, 0.717) is 116 Å². The minimum absolute atomic E-state index is 0.0962. The van der Waals surface area contributed by atoms with Crippen LogP contribution in [0.25, 0.3) is 10.4 Å². The molecule has 540 valence electrons. The van der Waals surface area contributed by atoms with Crippen LogP contribution in [0.1, 0.15) is 49.3 Å². The Morgan fingerprint density at radius 1 is 0.553 bits per heavy atom. The van der Waals surface area contributed by atoms with Gasteiger partial charge in [0.15, 0.2) is 12.5 Å². The fraction of sp³-hybridized carbons (Fsp3) is 0.783. The average molecular weight is 1440 g/mol. The minimum atomic E-state index is -5.23. The van der Waals surface area contributed by atoms with Gasteiger partial charge in [-0.2, -0.15) is 9.97 Å². The molecule has 2 aromatic heterocycles. The largest absolute Gasteiger partial charge is 0.470 e. The normalized spacial score (nSPS) is 20.0. The van der Waals surface area contributed by atoms with Crippen molar-refractivity contribution in [1.29, 1.82) is 0 Å². The molecule has 48 heteroatoms.